The summed E-state index contributed by atoms with van der Waals surface area (Å²) in [6, 6.07) is 9.06. The van der Waals surface area contributed by atoms with Crippen LogP contribution in [0.1, 0.15) is 22.8 Å². The van der Waals surface area contributed by atoms with Crippen LogP contribution in [0.15, 0.2) is 46.2 Å². The Bertz CT molecular complexity index is 958. The molecule has 0 aliphatic carbocycles. The number of nitrogens with one attached hydrogen (secondary N) is 1. The van der Waals surface area contributed by atoms with Crippen molar-refractivity contribution < 1.29 is 32.3 Å². The smallest absolute Gasteiger partial charge is 0.373 e. The topological polar surface area (TPSA) is 69.6 Å². The van der Waals surface area contributed by atoms with E-state index in [-0.39, 0.29) is 22.1 Å². The van der Waals surface area contributed by atoms with E-state index in [1.54, 1.807) is 38.4 Å². The number of aliphatic hydroxyl groups is 1. The molecule has 0 spiro atoms. The summed E-state index contributed by atoms with van der Waals surface area (Å²) in [4.78, 5) is 26.0. The largest absolute Gasteiger partial charge is 0.426 e. The Kier molecular flexibility index (Phi) is 6.83. The fourth-order valence-corrected chi connectivity index (χ4v) is 3.20. The zero-order valence-corrected chi connectivity index (χ0v) is 17.4. The van der Waals surface area contributed by atoms with Gasteiger partial charge in [-0.1, -0.05) is 11.8 Å². The van der Waals surface area contributed by atoms with Gasteiger partial charge < -0.3 is 15.3 Å². The van der Waals surface area contributed by atoms with Gasteiger partial charge in [0.25, 0.3) is 11.8 Å². The Hall–Kier alpha value is -2.59. The van der Waals surface area contributed by atoms with Crippen molar-refractivity contribution in [3.63, 3.8) is 0 Å². The minimum absolute atomic E-state index is 0.0780. The number of amides is 2. The third-order valence-electron chi connectivity index (χ3n) is 4.33. The van der Waals surface area contributed by atoms with Gasteiger partial charge in [0.2, 0.25) is 5.60 Å². The highest BCUT2D eigenvalue weighted by atomic mass is 32.2. The molecule has 10 heteroatoms. The summed E-state index contributed by atoms with van der Waals surface area (Å²) in [5, 5.41) is 11.3. The molecule has 2 aromatic carbocycles. The molecule has 0 aromatic heterocycles. The monoisotopic (exact) mass is 444 g/mol. The molecule has 0 heterocycles. The van der Waals surface area contributed by atoms with E-state index in [9.17, 15) is 32.3 Å². The summed E-state index contributed by atoms with van der Waals surface area (Å²) in [5.74, 6) is -2.61. The van der Waals surface area contributed by atoms with E-state index >= 15 is 0 Å². The lowest BCUT2D eigenvalue weighted by atomic mass is 10.1. The zero-order valence-electron chi connectivity index (χ0n) is 16.6. The Balaban J connectivity index is 2.21. The third-order valence-corrected chi connectivity index (χ3v) is 5.37. The molecule has 0 fully saturated rings. The Morgan fingerprint density at radius 2 is 1.63 bits per heavy atom. The van der Waals surface area contributed by atoms with Crippen LogP contribution in [0.5, 0.6) is 0 Å². The second-order valence-corrected chi connectivity index (χ2v) is 8.02. The molecule has 0 aliphatic rings. The van der Waals surface area contributed by atoms with Crippen LogP contribution in [0.4, 0.5) is 23.2 Å². The van der Waals surface area contributed by atoms with Gasteiger partial charge in [0, 0.05) is 40.7 Å². The van der Waals surface area contributed by atoms with Crippen molar-refractivity contribution in [2.24, 2.45) is 0 Å². The first-order valence-electron chi connectivity index (χ1n) is 8.65. The van der Waals surface area contributed by atoms with Crippen LogP contribution in [-0.4, -0.2) is 47.7 Å². The number of nitrogens with zero attached hydrogens (tertiary/aromatic N) is 1. The highest BCUT2D eigenvalue weighted by Gasteiger charge is 2.55. The molecule has 2 aromatic rings. The summed E-state index contributed by atoms with van der Waals surface area (Å²) < 4.78 is 53.1. The number of anilines is 1. The first-order valence-corrected chi connectivity index (χ1v) is 9.46. The highest BCUT2D eigenvalue weighted by molar-refractivity contribution is 7.99. The van der Waals surface area contributed by atoms with Crippen molar-refractivity contribution in [3.8, 4) is 0 Å². The third kappa shape index (κ3) is 4.93. The summed E-state index contributed by atoms with van der Waals surface area (Å²) in [6.45, 7) is 1.62. The van der Waals surface area contributed by atoms with Crippen molar-refractivity contribution in [1.29, 1.82) is 0 Å². The van der Waals surface area contributed by atoms with Crippen LogP contribution in [-0.2, 0) is 4.79 Å². The Labute approximate surface area is 175 Å². The number of alkyl halides is 3. The van der Waals surface area contributed by atoms with Gasteiger partial charge in [0.15, 0.2) is 0 Å². The lowest BCUT2D eigenvalue weighted by molar-refractivity contribution is -0.242. The van der Waals surface area contributed by atoms with Gasteiger partial charge in [-0.2, -0.15) is 13.2 Å². The normalized spacial score (nSPS) is 13.5. The molecule has 0 saturated heterocycles. The minimum atomic E-state index is -5.18. The van der Waals surface area contributed by atoms with Gasteiger partial charge in [-0.25, -0.2) is 4.39 Å². The Morgan fingerprint density at radius 1 is 1.07 bits per heavy atom. The summed E-state index contributed by atoms with van der Waals surface area (Å²) in [6.07, 6.45) is -5.18. The molecular formula is C20H20F4N2O3S. The maximum Gasteiger partial charge on any atom is 0.426 e. The summed E-state index contributed by atoms with van der Waals surface area (Å²) in [5.41, 5.74) is -3.41. The first-order chi connectivity index (χ1) is 13.8. The number of rotatable bonds is 5. The van der Waals surface area contributed by atoms with Crippen LogP contribution in [0.25, 0.3) is 0 Å². The molecule has 2 rings (SSSR count). The van der Waals surface area contributed by atoms with E-state index in [1.807, 2.05) is 5.32 Å². The average Bonchev–Trinajstić information content (AvgIpc) is 2.66. The first kappa shape index (κ1) is 23.7. The van der Waals surface area contributed by atoms with E-state index in [4.69, 9.17) is 0 Å². The van der Waals surface area contributed by atoms with Gasteiger partial charge in [0.1, 0.15) is 5.82 Å². The maximum absolute atomic E-state index is 14.7. The minimum Gasteiger partial charge on any atom is -0.373 e. The standard InChI is InChI=1S/C20H20F4N2O3S/c1-11-14(25-18(28)19(2,29)20(22,23)24)9-10-15(16(11)21)30-13-7-5-12(6-8-13)17(27)26(3)4/h5-10,29H,1-4H3,(H,25,28)/t19-/m1/s1. The van der Waals surface area contributed by atoms with Crippen LogP contribution in [0, 0.1) is 12.7 Å². The molecule has 2 N–H and O–H groups in total. The van der Waals surface area contributed by atoms with Gasteiger partial charge in [-0.05, 0) is 50.2 Å². The van der Waals surface area contributed by atoms with Crippen LogP contribution < -0.4 is 5.32 Å². The molecule has 0 saturated carbocycles. The van der Waals surface area contributed by atoms with Crippen LogP contribution in [0.2, 0.25) is 0 Å². The second kappa shape index (κ2) is 8.65. The predicted molar refractivity (Wildman–Crippen MR) is 105 cm³/mol. The zero-order chi connectivity index (χ0) is 22.9. The van der Waals surface area contributed by atoms with Crippen molar-refractivity contribution in [3.05, 3.63) is 53.3 Å². The number of benzene rings is 2. The fourth-order valence-electron chi connectivity index (χ4n) is 2.30. The molecular weight excluding hydrogens is 424 g/mol. The van der Waals surface area contributed by atoms with E-state index in [1.165, 1.54) is 24.0 Å². The lowest BCUT2D eigenvalue weighted by Gasteiger charge is -2.25. The molecule has 0 unspecified atom stereocenters. The molecule has 5 nitrogen and oxygen atoms in total. The maximum atomic E-state index is 14.7. The molecule has 0 aliphatic heterocycles. The van der Waals surface area contributed by atoms with Gasteiger partial charge >= 0.3 is 6.18 Å². The highest BCUT2D eigenvalue weighted by Crippen LogP contribution is 2.35. The molecule has 2 amide bonds. The number of carbonyl (C=O) groups is 2. The quantitative estimate of drug-likeness (QED) is 0.677. The summed E-state index contributed by atoms with van der Waals surface area (Å²) in [7, 11) is 3.25. The van der Waals surface area contributed by atoms with Gasteiger partial charge in [-0.3, -0.25) is 9.59 Å². The molecule has 0 radical (unpaired) electrons. The van der Waals surface area contributed by atoms with Crippen LogP contribution >= 0.6 is 11.8 Å². The molecule has 1 atom stereocenters. The summed E-state index contributed by atoms with van der Waals surface area (Å²) >= 11 is 1.05. The van der Waals surface area contributed by atoms with Crippen molar-refractivity contribution >= 4 is 29.3 Å². The number of carbonyl (C=O) groups excluding carboxylic acids is 2. The lowest BCUT2D eigenvalue weighted by Crippen LogP contribution is -2.52. The molecule has 0 bridgehead atoms. The number of halogens is 4. The number of hydrogen-bond donors (Lipinski definition) is 2. The van der Waals surface area contributed by atoms with Gasteiger partial charge in [-0.15, -0.1) is 0 Å². The predicted octanol–water partition coefficient (Wildman–Crippen LogP) is 4.24. The van der Waals surface area contributed by atoms with Crippen molar-refractivity contribution in [2.45, 2.75) is 35.4 Å². The fraction of sp³-hybridized carbons (Fsp3) is 0.300. The van der Waals surface area contributed by atoms with Crippen molar-refractivity contribution in [2.75, 3.05) is 19.4 Å². The van der Waals surface area contributed by atoms with E-state index in [0.717, 1.165) is 11.8 Å². The Morgan fingerprint density at radius 3 is 2.13 bits per heavy atom. The number of hydrogen-bond acceptors (Lipinski definition) is 4. The second-order valence-electron chi connectivity index (χ2n) is 6.90. The van der Waals surface area contributed by atoms with E-state index in [0.29, 0.717) is 17.4 Å². The molecule has 30 heavy (non-hydrogen) atoms. The van der Waals surface area contributed by atoms with Crippen LogP contribution in [0.3, 0.4) is 0 Å². The van der Waals surface area contributed by atoms with E-state index in [2.05, 4.69) is 0 Å². The molecule has 162 valence electrons. The SMILES string of the molecule is Cc1c(NC(=O)[C@@](C)(O)C(F)(F)F)ccc(Sc2ccc(C(=O)N(C)C)cc2)c1F. The van der Waals surface area contributed by atoms with Gasteiger partial charge in [0.05, 0.1) is 0 Å². The average molecular weight is 444 g/mol. The van der Waals surface area contributed by atoms with E-state index < -0.39 is 23.5 Å². The van der Waals surface area contributed by atoms with Crippen molar-refractivity contribution in [1.82, 2.24) is 4.90 Å².